The number of guanidine groups is 2. The molecule has 30 heavy (non-hydrogen) atoms. The lowest BCUT2D eigenvalue weighted by Crippen LogP contribution is -2.47. The van der Waals surface area contributed by atoms with Crippen LogP contribution in [0.25, 0.3) is 0 Å². The summed E-state index contributed by atoms with van der Waals surface area (Å²) >= 11 is 0. The van der Waals surface area contributed by atoms with Crippen molar-refractivity contribution in [2.75, 3.05) is 7.11 Å². The highest BCUT2D eigenvalue weighted by Crippen LogP contribution is 2.20. The van der Waals surface area contributed by atoms with Crippen molar-refractivity contribution in [2.24, 2.45) is 21.5 Å². The number of methoxy groups -OCH3 is 1. The molecule has 4 N–H and O–H groups in total. The number of aliphatic imine (C=N–C) groups is 2. The maximum atomic E-state index is 6.17. The standard InChI is InChI=1S/C23H39N5O.ClH/c1-3-4-5-6-7-8-9-10-11-12-13-21-26-22(24)27-23(25)28(21)18-19-14-16-20(29-2)17-15-19;/h14-17,21H,3-13,18H2,1-2H3,(H4,24,25,26,27);1H. The molecule has 0 aromatic heterocycles. The molecule has 1 atom stereocenters. The molecule has 0 amide bonds. The van der Waals surface area contributed by atoms with E-state index < -0.39 is 0 Å². The normalized spacial score (nSPS) is 15.9. The van der Waals surface area contributed by atoms with Crippen LogP contribution in [0.15, 0.2) is 34.3 Å². The minimum Gasteiger partial charge on any atom is -0.497 e. The molecule has 1 aliphatic rings. The van der Waals surface area contributed by atoms with E-state index >= 15 is 0 Å². The van der Waals surface area contributed by atoms with Crippen molar-refractivity contribution in [3.8, 4) is 5.75 Å². The number of halogens is 1. The fourth-order valence-corrected chi connectivity index (χ4v) is 3.73. The molecule has 0 spiro atoms. The largest absolute Gasteiger partial charge is 0.497 e. The fraction of sp³-hybridized carbons (Fsp3) is 0.652. The minimum atomic E-state index is -0.0383. The van der Waals surface area contributed by atoms with Gasteiger partial charge in [0.05, 0.1) is 7.11 Å². The highest BCUT2D eigenvalue weighted by atomic mass is 35.5. The molecule has 0 aliphatic carbocycles. The van der Waals surface area contributed by atoms with Crippen molar-refractivity contribution in [3.05, 3.63) is 29.8 Å². The van der Waals surface area contributed by atoms with Crippen molar-refractivity contribution < 1.29 is 4.74 Å². The number of ether oxygens (including phenoxy) is 1. The molecule has 0 fully saturated rings. The first-order valence-corrected chi connectivity index (χ1v) is 11.2. The molecule has 1 aliphatic heterocycles. The topological polar surface area (TPSA) is 89.2 Å². The molecule has 0 saturated heterocycles. The summed E-state index contributed by atoms with van der Waals surface area (Å²) in [5.41, 5.74) is 13.2. The van der Waals surface area contributed by atoms with Gasteiger partial charge in [-0.05, 0) is 30.5 Å². The number of rotatable bonds is 14. The molecule has 2 rings (SSSR count). The summed E-state index contributed by atoms with van der Waals surface area (Å²) in [7, 11) is 1.67. The molecule has 0 saturated carbocycles. The van der Waals surface area contributed by atoms with Crippen molar-refractivity contribution in [2.45, 2.75) is 90.3 Å². The van der Waals surface area contributed by atoms with Gasteiger partial charge in [-0.15, -0.1) is 12.4 Å². The second kappa shape index (κ2) is 14.9. The molecule has 0 bridgehead atoms. The summed E-state index contributed by atoms with van der Waals surface area (Å²) in [5, 5.41) is 0. The first kappa shape index (κ1) is 26.1. The molecule has 1 heterocycles. The number of nitrogens with two attached hydrogens (primary N) is 2. The molecule has 7 heteroatoms. The molecular weight excluding hydrogens is 398 g/mol. The second-order valence-corrected chi connectivity index (χ2v) is 7.88. The average Bonchev–Trinajstić information content (AvgIpc) is 2.72. The van der Waals surface area contributed by atoms with Crippen LogP contribution in [0.2, 0.25) is 0 Å². The quantitative estimate of drug-likeness (QED) is 0.391. The van der Waals surface area contributed by atoms with E-state index in [4.69, 9.17) is 16.2 Å². The Balaban J connectivity index is 0.00000450. The Kier molecular flexibility index (Phi) is 13.0. The summed E-state index contributed by atoms with van der Waals surface area (Å²) in [6.07, 6.45) is 14.1. The highest BCUT2D eigenvalue weighted by Gasteiger charge is 2.24. The first-order chi connectivity index (χ1) is 14.1. The van der Waals surface area contributed by atoms with E-state index in [1.54, 1.807) is 7.11 Å². The molecule has 6 nitrogen and oxygen atoms in total. The van der Waals surface area contributed by atoms with Crippen molar-refractivity contribution in [1.82, 2.24) is 4.90 Å². The summed E-state index contributed by atoms with van der Waals surface area (Å²) in [5.74, 6) is 1.58. The summed E-state index contributed by atoms with van der Waals surface area (Å²) in [4.78, 5) is 10.8. The summed E-state index contributed by atoms with van der Waals surface area (Å²) in [6.45, 7) is 2.93. The van der Waals surface area contributed by atoms with Gasteiger partial charge < -0.3 is 21.1 Å². The van der Waals surface area contributed by atoms with Gasteiger partial charge in [-0.2, -0.15) is 4.99 Å². The molecule has 0 radical (unpaired) electrons. The van der Waals surface area contributed by atoms with E-state index in [1.165, 1.54) is 57.8 Å². The van der Waals surface area contributed by atoms with Gasteiger partial charge >= 0.3 is 0 Å². The SMILES string of the molecule is CCCCCCCCCCCCC1N=C(N)N=C(N)N1Cc1ccc(OC)cc1.Cl. The van der Waals surface area contributed by atoms with Gasteiger partial charge in [0.25, 0.3) is 0 Å². The van der Waals surface area contributed by atoms with Crippen LogP contribution in [0, 0.1) is 0 Å². The number of benzene rings is 1. The minimum absolute atomic E-state index is 0. The van der Waals surface area contributed by atoms with Crippen molar-refractivity contribution >= 4 is 24.3 Å². The van der Waals surface area contributed by atoms with E-state index in [0.29, 0.717) is 12.5 Å². The van der Waals surface area contributed by atoms with E-state index in [1.807, 2.05) is 29.2 Å². The zero-order valence-corrected chi connectivity index (χ0v) is 19.5. The van der Waals surface area contributed by atoms with Gasteiger partial charge in [0.1, 0.15) is 11.9 Å². The third kappa shape index (κ3) is 9.24. The van der Waals surface area contributed by atoms with Gasteiger partial charge in [0.15, 0.2) is 0 Å². The van der Waals surface area contributed by atoms with Gasteiger partial charge in [-0.3, -0.25) is 0 Å². The molecule has 1 aromatic rings. The average molecular weight is 438 g/mol. The number of nitrogens with zero attached hydrogens (tertiary/aromatic N) is 3. The monoisotopic (exact) mass is 437 g/mol. The molecule has 170 valence electrons. The van der Waals surface area contributed by atoms with Crippen LogP contribution in [-0.2, 0) is 6.54 Å². The van der Waals surface area contributed by atoms with Crippen LogP contribution in [0.3, 0.4) is 0 Å². The summed E-state index contributed by atoms with van der Waals surface area (Å²) in [6, 6.07) is 8.01. The fourth-order valence-electron chi connectivity index (χ4n) is 3.73. The lowest BCUT2D eigenvalue weighted by Gasteiger charge is -2.32. The highest BCUT2D eigenvalue weighted by molar-refractivity contribution is 5.95. The first-order valence-electron chi connectivity index (χ1n) is 11.2. The Hall–Kier alpha value is -1.95. The van der Waals surface area contributed by atoms with Crippen LogP contribution in [0.1, 0.15) is 83.1 Å². The van der Waals surface area contributed by atoms with Gasteiger partial charge in [-0.25, -0.2) is 4.99 Å². The van der Waals surface area contributed by atoms with Crippen LogP contribution < -0.4 is 16.2 Å². The summed E-state index contributed by atoms with van der Waals surface area (Å²) < 4.78 is 5.23. The molecule has 1 aromatic carbocycles. The van der Waals surface area contributed by atoms with Gasteiger partial charge in [0.2, 0.25) is 11.9 Å². The lowest BCUT2D eigenvalue weighted by molar-refractivity contribution is 0.281. The van der Waals surface area contributed by atoms with E-state index in [-0.39, 0.29) is 24.5 Å². The predicted molar refractivity (Wildman–Crippen MR) is 129 cm³/mol. The predicted octanol–water partition coefficient (Wildman–Crippen LogP) is 5.20. The second-order valence-electron chi connectivity index (χ2n) is 7.88. The zero-order valence-electron chi connectivity index (χ0n) is 18.7. The number of hydrogen-bond donors (Lipinski definition) is 2. The van der Waals surface area contributed by atoms with Gasteiger partial charge in [0, 0.05) is 6.54 Å². The maximum Gasteiger partial charge on any atom is 0.220 e. The van der Waals surface area contributed by atoms with E-state index in [2.05, 4.69) is 16.9 Å². The van der Waals surface area contributed by atoms with Gasteiger partial charge in [-0.1, -0.05) is 76.8 Å². The molecular formula is C23H40ClN5O. The van der Waals surface area contributed by atoms with Crippen LogP contribution in [-0.4, -0.2) is 30.1 Å². The molecule has 1 unspecified atom stereocenters. The van der Waals surface area contributed by atoms with Crippen LogP contribution in [0.5, 0.6) is 5.75 Å². The maximum absolute atomic E-state index is 6.17. The van der Waals surface area contributed by atoms with Crippen molar-refractivity contribution in [1.29, 1.82) is 0 Å². The van der Waals surface area contributed by atoms with Crippen molar-refractivity contribution in [3.63, 3.8) is 0 Å². The Morgan fingerprint density at radius 2 is 1.47 bits per heavy atom. The zero-order chi connectivity index (χ0) is 20.9. The Morgan fingerprint density at radius 3 is 2.03 bits per heavy atom. The lowest BCUT2D eigenvalue weighted by atomic mass is 10.0. The Morgan fingerprint density at radius 1 is 0.900 bits per heavy atom. The Labute approximate surface area is 188 Å². The van der Waals surface area contributed by atoms with E-state index in [0.717, 1.165) is 24.2 Å². The number of hydrogen-bond acceptors (Lipinski definition) is 6. The Bertz CT molecular complexity index is 647. The third-order valence-electron chi connectivity index (χ3n) is 5.49. The smallest absolute Gasteiger partial charge is 0.220 e. The number of unbranched alkanes of at least 4 members (excludes halogenated alkanes) is 9. The van der Waals surface area contributed by atoms with E-state index in [9.17, 15) is 0 Å². The van der Waals surface area contributed by atoms with Crippen LogP contribution >= 0.6 is 12.4 Å². The third-order valence-corrected chi connectivity index (χ3v) is 5.49. The van der Waals surface area contributed by atoms with Crippen LogP contribution in [0.4, 0.5) is 0 Å².